The SMILES string of the molecule is CC(C)=CC(=O)c1cc(C)ccc1N. The van der Waals surface area contributed by atoms with Crippen LogP contribution in [0.5, 0.6) is 0 Å². The normalized spacial score (nSPS) is 9.64. The molecule has 1 aromatic carbocycles. The molecule has 74 valence electrons. The third kappa shape index (κ3) is 2.46. The van der Waals surface area contributed by atoms with E-state index in [2.05, 4.69) is 0 Å². The average Bonchev–Trinajstić information content (AvgIpc) is 2.08. The number of carbonyl (C=O) groups excluding carboxylic acids is 1. The van der Waals surface area contributed by atoms with Gasteiger partial charge in [-0.3, -0.25) is 4.79 Å². The molecule has 0 amide bonds. The number of allylic oxidation sites excluding steroid dienone is 2. The summed E-state index contributed by atoms with van der Waals surface area (Å²) in [6.07, 6.45) is 1.60. The van der Waals surface area contributed by atoms with Crippen LogP contribution in [0.1, 0.15) is 29.8 Å². The smallest absolute Gasteiger partial charge is 0.187 e. The molecule has 0 heterocycles. The van der Waals surface area contributed by atoms with Crippen molar-refractivity contribution in [2.24, 2.45) is 0 Å². The largest absolute Gasteiger partial charge is 0.398 e. The van der Waals surface area contributed by atoms with E-state index in [0.717, 1.165) is 11.1 Å². The molecule has 0 aliphatic heterocycles. The Labute approximate surface area is 84.4 Å². The van der Waals surface area contributed by atoms with Gasteiger partial charge in [0.05, 0.1) is 0 Å². The van der Waals surface area contributed by atoms with Crippen molar-refractivity contribution >= 4 is 11.5 Å². The number of rotatable bonds is 2. The Bertz CT molecular complexity index is 387. The Morgan fingerprint density at radius 1 is 1.36 bits per heavy atom. The summed E-state index contributed by atoms with van der Waals surface area (Å²) in [6.45, 7) is 5.73. The Balaban J connectivity index is 3.12. The molecule has 14 heavy (non-hydrogen) atoms. The van der Waals surface area contributed by atoms with Gasteiger partial charge in [-0.15, -0.1) is 0 Å². The summed E-state index contributed by atoms with van der Waals surface area (Å²) in [5, 5.41) is 0. The summed E-state index contributed by atoms with van der Waals surface area (Å²) >= 11 is 0. The quantitative estimate of drug-likeness (QED) is 0.441. The first-order chi connectivity index (χ1) is 6.50. The molecular formula is C12H15NO. The maximum atomic E-state index is 11.7. The van der Waals surface area contributed by atoms with Crippen LogP contribution in [0.4, 0.5) is 5.69 Å². The van der Waals surface area contributed by atoms with E-state index in [0.29, 0.717) is 11.3 Å². The monoisotopic (exact) mass is 189 g/mol. The van der Waals surface area contributed by atoms with Crippen LogP contribution in [0.25, 0.3) is 0 Å². The zero-order chi connectivity index (χ0) is 10.7. The zero-order valence-electron chi connectivity index (χ0n) is 8.79. The van der Waals surface area contributed by atoms with E-state index in [1.54, 1.807) is 12.1 Å². The predicted molar refractivity (Wildman–Crippen MR) is 59.4 cm³/mol. The molecule has 0 unspecified atom stereocenters. The Kier molecular flexibility index (Phi) is 3.07. The van der Waals surface area contributed by atoms with E-state index >= 15 is 0 Å². The molecule has 2 heteroatoms. The third-order valence-electron chi connectivity index (χ3n) is 1.89. The molecule has 0 saturated heterocycles. The van der Waals surface area contributed by atoms with Crippen LogP contribution < -0.4 is 5.73 Å². The number of ketones is 1. The van der Waals surface area contributed by atoms with Gasteiger partial charge in [-0.2, -0.15) is 0 Å². The van der Waals surface area contributed by atoms with E-state index in [9.17, 15) is 4.79 Å². The minimum Gasteiger partial charge on any atom is -0.398 e. The number of carbonyl (C=O) groups is 1. The summed E-state index contributed by atoms with van der Waals surface area (Å²) in [5.41, 5.74) is 8.87. The van der Waals surface area contributed by atoms with Gasteiger partial charge in [-0.05, 0) is 39.0 Å². The van der Waals surface area contributed by atoms with Gasteiger partial charge in [0, 0.05) is 11.3 Å². The van der Waals surface area contributed by atoms with Crippen molar-refractivity contribution in [1.29, 1.82) is 0 Å². The van der Waals surface area contributed by atoms with Gasteiger partial charge in [0.25, 0.3) is 0 Å². The van der Waals surface area contributed by atoms with Crippen LogP contribution in [0.3, 0.4) is 0 Å². The highest BCUT2D eigenvalue weighted by molar-refractivity contribution is 6.08. The number of benzene rings is 1. The number of hydrogen-bond acceptors (Lipinski definition) is 2. The van der Waals surface area contributed by atoms with Gasteiger partial charge >= 0.3 is 0 Å². The van der Waals surface area contributed by atoms with Crippen molar-refractivity contribution in [3.63, 3.8) is 0 Å². The van der Waals surface area contributed by atoms with Crippen LogP contribution in [-0.4, -0.2) is 5.78 Å². The summed E-state index contributed by atoms with van der Waals surface area (Å²) in [4.78, 5) is 11.7. The topological polar surface area (TPSA) is 43.1 Å². The fourth-order valence-electron chi connectivity index (χ4n) is 1.22. The molecule has 0 radical (unpaired) electrons. The van der Waals surface area contributed by atoms with Gasteiger partial charge in [-0.1, -0.05) is 17.2 Å². The molecule has 0 aromatic heterocycles. The zero-order valence-corrected chi connectivity index (χ0v) is 8.79. The van der Waals surface area contributed by atoms with E-state index in [1.807, 2.05) is 32.9 Å². The van der Waals surface area contributed by atoms with Crippen LogP contribution in [0.15, 0.2) is 29.8 Å². The van der Waals surface area contributed by atoms with Gasteiger partial charge in [0.15, 0.2) is 5.78 Å². The average molecular weight is 189 g/mol. The van der Waals surface area contributed by atoms with Crippen molar-refractivity contribution in [2.45, 2.75) is 20.8 Å². The number of aryl methyl sites for hydroxylation is 1. The molecule has 2 nitrogen and oxygen atoms in total. The molecule has 0 atom stereocenters. The van der Waals surface area contributed by atoms with E-state index in [1.165, 1.54) is 0 Å². The lowest BCUT2D eigenvalue weighted by Crippen LogP contribution is -2.01. The van der Waals surface area contributed by atoms with Gasteiger partial charge in [0.2, 0.25) is 0 Å². The first kappa shape index (κ1) is 10.5. The molecule has 0 aliphatic rings. The lowest BCUT2D eigenvalue weighted by atomic mass is 10.0. The summed E-state index contributed by atoms with van der Waals surface area (Å²) < 4.78 is 0. The van der Waals surface area contributed by atoms with Crippen LogP contribution >= 0.6 is 0 Å². The van der Waals surface area contributed by atoms with Gasteiger partial charge < -0.3 is 5.73 Å². The van der Waals surface area contributed by atoms with Gasteiger partial charge in [0.1, 0.15) is 0 Å². The molecule has 0 spiro atoms. The van der Waals surface area contributed by atoms with Crippen molar-refractivity contribution in [3.05, 3.63) is 41.0 Å². The number of hydrogen-bond donors (Lipinski definition) is 1. The number of nitrogen functional groups attached to an aromatic ring is 1. The highest BCUT2D eigenvalue weighted by Crippen LogP contribution is 2.15. The maximum Gasteiger partial charge on any atom is 0.187 e. The van der Waals surface area contributed by atoms with Crippen molar-refractivity contribution < 1.29 is 4.79 Å². The van der Waals surface area contributed by atoms with Crippen molar-refractivity contribution in [3.8, 4) is 0 Å². The molecular weight excluding hydrogens is 174 g/mol. The van der Waals surface area contributed by atoms with Crippen LogP contribution in [0, 0.1) is 6.92 Å². The van der Waals surface area contributed by atoms with Crippen molar-refractivity contribution in [2.75, 3.05) is 5.73 Å². The third-order valence-corrected chi connectivity index (χ3v) is 1.89. The second kappa shape index (κ2) is 4.09. The minimum absolute atomic E-state index is 0.0220. The Hall–Kier alpha value is -1.57. The maximum absolute atomic E-state index is 11.7. The van der Waals surface area contributed by atoms with Crippen LogP contribution in [-0.2, 0) is 0 Å². The fourth-order valence-corrected chi connectivity index (χ4v) is 1.22. The summed E-state index contributed by atoms with van der Waals surface area (Å²) in [7, 11) is 0. The Morgan fingerprint density at radius 3 is 2.57 bits per heavy atom. The highest BCUT2D eigenvalue weighted by atomic mass is 16.1. The Morgan fingerprint density at radius 2 is 2.00 bits per heavy atom. The second-order valence-corrected chi connectivity index (χ2v) is 3.68. The van der Waals surface area contributed by atoms with Crippen LogP contribution in [0.2, 0.25) is 0 Å². The molecule has 1 aromatic rings. The first-order valence-electron chi connectivity index (χ1n) is 4.56. The number of anilines is 1. The van der Waals surface area contributed by atoms with E-state index in [-0.39, 0.29) is 5.78 Å². The summed E-state index contributed by atoms with van der Waals surface area (Å²) in [6, 6.07) is 5.48. The predicted octanol–water partition coefficient (Wildman–Crippen LogP) is 2.73. The van der Waals surface area contributed by atoms with Gasteiger partial charge in [-0.25, -0.2) is 0 Å². The second-order valence-electron chi connectivity index (χ2n) is 3.68. The lowest BCUT2D eigenvalue weighted by Gasteiger charge is -2.03. The summed E-state index contributed by atoms with van der Waals surface area (Å²) in [5.74, 6) is -0.0220. The lowest BCUT2D eigenvalue weighted by molar-refractivity contribution is 0.104. The molecule has 2 N–H and O–H groups in total. The molecule has 1 rings (SSSR count). The van der Waals surface area contributed by atoms with E-state index in [4.69, 9.17) is 5.73 Å². The molecule has 0 bridgehead atoms. The van der Waals surface area contributed by atoms with E-state index < -0.39 is 0 Å². The molecule has 0 saturated carbocycles. The minimum atomic E-state index is -0.0220. The van der Waals surface area contributed by atoms with Crippen molar-refractivity contribution in [1.82, 2.24) is 0 Å². The highest BCUT2D eigenvalue weighted by Gasteiger charge is 2.06. The standard InChI is InChI=1S/C12H15NO/c1-8(2)6-12(14)10-7-9(3)4-5-11(10)13/h4-7H,13H2,1-3H3. The fraction of sp³-hybridized carbons (Fsp3) is 0.250. The first-order valence-corrected chi connectivity index (χ1v) is 4.56. The molecule has 0 aliphatic carbocycles. The number of nitrogens with two attached hydrogens (primary N) is 1. The molecule has 0 fully saturated rings.